The van der Waals surface area contributed by atoms with Crippen LogP contribution in [0.2, 0.25) is 0 Å². The van der Waals surface area contributed by atoms with Crippen LogP contribution in [0.25, 0.3) is 0 Å². The van der Waals surface area contributed by atoms with Gasteiger partial charge in [0.15, 0.2) is 11.7 Å². The molecule has 0 aliphatic rings. The van der Waals surface area contributed by atoms with Gasteiger partial charge in [-0.25, -0.2) is 0 Å². The van der Waals surface area contributed by atoms with Crippen molar-refractivity contribution in [1.82, 2.24) is 15.5 Å². The summed E-state index contributed by atoms with van der Waals surface area (Å²) in [5, 5.41) is 17.7. The van der Waals surface area contributed by atoms with Crippen molar-refractivity contribution in [3.63, 3.8) is 0 Å². The van der Waals surface area contributed by atoms with Gasteiger partial charge in [0.1, 0.15) is 5.92 Å². The van der Waals surface area contributed by atoms with Crippen molar-refractivity contribution in [3.05, 3.63) is 11.7 Å². The fraction of sp³-hybridized carbons (Fsp3) is 0.600. The SMILES string of the molecule is Cc1noc(CNC(=O)C(C(N)=NO)C(C)C)n1. The van der Waals surface area contributed by atoms with E-state index in [0.717, 1.165) is 0 Å². The molecule has 1 unspecified atom stereocenters. The van der Waals surface area contributed by atoms with Gasteiger partial charge < -0.3 is 20.8 Å². The first-order valence-electron chi connectivity index (χ1n) is 5.50. The molecule has 0 aromatic carbocycles. The number of hydrogen-bond acceptors (Lipinski definition) is 6. The molecule has 1 heterocycles. The van der Waals surface area contributed by atoms with E-state index in [1.807, 2.05) is 0 Å². The maximum Gasteiger partial charge on any atom is 0.246 e. The predicted octanol–water partition coefficient (Wildman–Crippen LogP) is 0.0128. The number of carbonyl (C=O) groups is 1. The molecular formula is C10H17N5O3. The summed E-state index contributed by atoms with van der Waals surface area (Å²) in [5.74, 6) is -0.455. The Morgan fingerprint density at radius 2 is 2.28 bits per heavy atom. The third kappa shape index (κ3) is 3.44. The van der Waals surface area contributed by atoms with Gasteiger partial charge in [0.2, 0.25) is 11.8 Å². The summed E-state index contributed by atoms with van der Waals surface area (Å²) >= 11 is 0. The molecule has 1 amide bonds. The lowest BCUT2D eigenvalue weighted by Crippen LogP contribution is -2.41. The lowest BCUT2D eigenvalue weighted by molar-refractivity contribution is -0.124. The topological polar surface area (TPSA) is 127 Å². The van der Waals surface area contributed by atoms with Crippen molar-refractivity contribution in [1.29, 1.82) is 0 Å². The Morgan fingerprint density at radius 1 is 1.61 bits per heavy atom. The zero-order chi connectivity index (χ0) is 13.7. The summed E-state index contributed by atoms with van der Waals surface area (Å²) in [6, 6.07) is 0. The standard InChI is InChI=1S/C10H17N5O3/c1-5(2)8(9(11)14-17)10(16)12-4-7-13-6(3)15-18-7/h5,8,17H,4H2,1-3H3,(H2,11,14)(H,12,16). The van der Waals surface area contributed by atoms with Gasteiger partial charge in [-0.15, -0.1) is 0 Å². The van der Waals surface area contributed by atoms with E-state index in [2.05, 4.69) is 20.6 Å². The molecule has 0 spiro atoms. The maximum absolute atomic E-state index is 11.9. The van der Waals surface area contributed by atoms with E-state index in [4.69, 9.17) is 15.5 Å². The Morgan fingerprint density at radius 3 is 2.72 bits per heavy atom. The number of nitrogens with one attached hydrogen (secondary N) is 1. The molecule has 0 aliphatic heterocycles. The maximum atomic E-state index is 11.9. The van der Waals surface area contributed by atoms with Crippen molar-refractivity contribution in [3.8, 4) is 0 Å². The van der Waals surface area contributed by atoms with E-state index in [9.17, 15) is 4.79 Å². The van der Waals surface area contributed by atoms with Crippen LogP contribution in [0.15, 0.2) is 9.68 Å². The molecule has 0 bridgehead atoms. The van der Waals surface area contributed by atoms with E-state index < -0.39 is 5.92 Å². The number of rotatable bonds is 5. The van der Waals surface area contributed by atoms with Crippen LogP contribution in [0.4, 0.5) is 0 Å². The van der Waals surface area contributed by atoms with Crippen molar-refractivity contribution >= 4 is 11.7 Å². The smallest absolute Gasteiger partial charge is 0.246 e. The van der Waals surface area contributed by atoms with Crippen LogP contribution in [-0.2, 0) is 11.3 Å². The number of amides is 1. The Labute approximate surface area is 104 Å². The van der Waals surface area contributed by atoms with Gasteiger partial charge in [0, 0.05) is 0 Å². The van der Waals surface area contributed by atoms with Crippen LogP contribution in [0, 0.1) is 18.8 Å². The van der Waals surface area contributed by atoms with E-state index in [1.165, 1.54) is 0 Å². The van der Waals surface area contributed by atoms with Crippen LogP contribution in [-0.4, -0.2) is 27.1 Å². The van der Waals surface area contributed by atoms with Gasteiger partial charge in [-0.3, -0.25) is 4.79 Å². The number of aryl methyl sites for hydroxylation is 1. The van der Waals surface area contributed by atoms with Crippen LogP contribution >= 0.6 is 0 Å². The molecule has 1 aromatic heterocycles. The van der Waals surface area contributed by atoms with E-state index in [-0.39, 0.29) is 24.2 Å². The molecule has 8 heteroatoms. The normalized spacial score (nSPS) is 13.7. The minimum absolute atomic E-state index is 0.0923. The van der Waals surface area contributed by atoms with Crippen LogP contribution < -0.4 is 11.1 Å². The summed E-state index contributed by atoms with van der Waals surface area (Å²) in [6.45, 7) is 5.40. The zero-order valence-electron chi connectivity index (χ0n) is 10.5. The van der Waals surface area contributed by atoms with Crippen molar-refractivity contribution < 1.29 is 14.5 Å². The number of carbonyl (C=O) groups excluding carboxylic acids is 1. The Kier molecular flexibility index (Phi) is 4.64. The lowest BCUT2D eigenvalue weighted by Gasteiger charge is -2.17. The van der Waals surface area contributed by atoms with Gasteiger partial charge in [0.25, 0.3) is 0 Å². The average molecular weight is 255 g/mol. The summed E-state index contributed by atoms with van der Waals surface area (Å²) in [6.07, 6.45) is 0. The van der Waals surface area contributed by atoms with Crippen LogP contribution in [0.5, 0.6) is 0 Å². The molecule has 8 nitrogen and oxygen atoms in total. The molecule has 100 valence electrons. The molecular weight excluding hydrogens is 238 g/mol. The van der Waals surface area contributed by atoms with Crippen LogP contribution in [0.3, 0.4) is 0 Å². The summed E-state index contributed by atoms with van der Waals surface area (Å²) in [7, 11) is 0. The molecule has 0 saturated carbocycles. The van der Waals surface area contributed by atoms with Crippen LogP contribution in [0.1, 0.15) is 25.6 Å². The minimum atomic E-state index is -0.695. The molecule has 0 aliphatic carbocycles. The Bertz CT molecular complexity index is 440. The van der Waals surface area contributed by atoms with E-state index in [0.29, 0.717) is 11.7 Å². The second-order valence-electron chi connectivity index (χ2n) is 4.20. The predicted molar refractivity (Wildman–Crippen MR) is 62.6 cm³/mol. The van der Waals surface area contributed by atoms with Crippen molar-refractivity contribution in [2.24, 2.45) is 22.7 Å². The number of oxime groups is 1. The molecule has 4 N–H and O–H groups in total. The van der Waals surface area contributed by atoms with Gasteiger partial charge >= 0.3 is 0 Å². The quantitative estimate of drug-likeness (QED) is 0.294. The minimum Gasteiger partial charge on any atom is -0.409 e. The molecule has 1 rings (SSSR count). The second-order valence-corrected chi connectivity index (χ2v) is 4.20. The number of nitrogens with two attached hydrogens (primary N) is 1. The molecule has 18 heavy (non-hydrogen) atoms. The largest absolute Gasteiger partial charge is 0.409 e. The fourth-order valence-corrected chi connectivity index (χ4v) is 1.53. The van der Waals surface area contributed by atoms with Crippen molar-refractivity contribution in [2.75, 3.05) is 0 Å². The number of aromatic nitrogens is 2. The highest BCUT2D eigenvalue weighted by Gasteiger charge is 2.26. The molecule has 1 aromatic rings. The average Bonchev–Trinajstić information content (AvgIpc) is 2.72. The summed E-state index contributed by atoms with van der Waals surface area (Å²) < 4.78 is 4.86. The molecule has 0 saturated heterocycles. The third-order valence-electron chi connectivity index (χ3n) is 2.37. The first-order chi connectivity index (χ1) is 8.45. The number of amidine groups is 1. The molecule has 0 radical (unpaired) electrons. The summed E-state index contributed by atoms with van der Waals surface area (Å²) in [5.41, 5.74) is 5.48. The molecule has 1 atom stereocenters. The third-order valence-corrected chi connectivity index (χ3v) is 2.37. The highest BCUT2D eigenvalue weighted by Crippen LogP contribution is 2.11. The Balaban J connectivity index is 2.62. The lowest BCUT2D eigenvalue weighted by atomic mass is 9.94. The Hall–Kier alpha value is -2.12. The van der Waals surface area contributed by atoms with Gasteiger partial charge in [0.05, 0.1) is 6.54 Å². The first kappa shape index (κ1) is 13.9. The second kappa shape index (κ2) is 5.99. The monoisotopic (exact) mass is 255 g/mol. The summed E-state index contributed by atoms with van der Waals surface area (Å²) in [4.78, 5) is 15.8. The fourth-order valence-electron chi connectivity index (χ4n) is 1.53. The van der Waals surface area contributed by atoms with Gasteiger partial charge in [-0.05, 0) is 12.8 Å². The molecule has 0 fully saturated rings. The van der Waals surface area contributed by atoms with Crippen molar-refractivity contribution in [2.45, 2.75) is 27.3 Å². The highest BCUT2D eigenvalue weighted by molar-refractivity contribution is 6.02. The van der Waals surface area contributed by atoms with Gasteiger partial charge in [-0.2, -0.15) is 4.98 Å². The number of nitrogens with zero attached hydrogens (tertiary/aromatic N) is 3. The zero-order valence-corrected chi connectivity index (χ0v) is 10.5. The first-order valence-corrected chi connectivity index (χ1v) is 5.50. The van der Waals surface area contributed by atoms with E-state index >= 15 is 0 Å². The van der Waals surface area contributed by atoms with Gasteiger partial charge in [-0.1, -0.05) is 24.2 Å². The highest BCUT2D eigenvalue weighted by atomic mass is 16.5. The van der Waals surface area contributed by atoms with E-state index in [1.54, 1.807) is 20.8 Å². The number of hydrogen-bond donors (Lipinski definition) is 3.